The zero-order valence-electron chi connectivity index (χ0n) is 11.1. The summed E-state index contributed by atoms with van der Waals surface area (Å²) in [6.45, 7) is 0.236. The van der Waals surface area contributed by atoms with E-state index >= 15 is 0 Å². The summed E-state index contributed by atoms with van der Waals surface area (Å²) in [7, 11) is 1.62. The lowest BCUT2D eigenvalue weighted by Gasteiger charge is -2.06. The normalized spacial score (nSPS) is 11.3. The Hall–Kier alpha value is -1.41. The highest BCUT2D eigenvalue weighted by atomic mass is 35.7. The number of nitrogens with zero attached hydrogens (tertiary/aromatic N) is 1. The minimum Gasteiger partial charge on any atom is -0.487 e. The van der Waals surface area contributed by atoms with Crippen molar-refractivity contribution in [1.29, 1.82) is 0 Å². The predicted molar refractivity (Wildman–Crippen MR) is 76.7 cm³/mol. The van der Waals surface area contributed by atoms with Gasteiger partial charge in [0.25, 0.3) is 0 Å². The van der Waals surface area contributed by atoms with E-state index in [1.807, 2.05) is 0 Å². The molecule has 0 spiro atoms. The Morgan fingerprint density at radius 2 is 1.90 bits per heavy atom. The van der Waals surface area contributed by atoms with Gasteiger partial charge in [-0.25, -0.2) is 12.8 Å². The predicted octanol–water partition coefficient (Wildman–Crippen LogP) is 3.24. The molecule has 0 bridgehead atoms. The van der Waals surface area contributed by atoms with Crippen LogP contribution in [0.2, 0.25) is 0 Å². The van der Waals surface area contributed by atoms with Crippen molar-refractivity contribution in [2.75, 3.05) is 12.4 Å². The van der Waals surface area contributed by atoms with Gasteiger partial charge in [0, 0.05) is 10.7 Å². The molecule has 0 atom stereocenters. The maximum absolute atomic E-state index is 12.9. The highest BCUT2D eigenvalue weighted by Crippen LogP contribution is 2.27. The molecule has 0 aliphatic heterocycles. The maximum Gasteiger partial charge on any atom is 0.313 e. The van der Waals surface area contributed by atoms with Gasteiger partial charge in [-0.3, -0.25) is 10.1 Å². The van der Waals surface area contributed by atoms with Crippen LogP contribution in [0.4, 0.5) is 10.1 Å². The van der Waals surface area contributed by atoms with Gasteiger partial charge in [0.15, 0.2) is 5.75 Å². The molecule has 21 heavy (non-hydrogen) atoms. The Morgan fingerprint density at radius 3 is 2.52 bits per heavy atom. The van der Waals surface area contributed by atoms with Gasteiger partial charge in [-0.15, -0.1) is 0 Å². The number of nitro benzene ring substituents is 1. The summed E-state index contributed by atoms with van der Waals surface area (Å²) >= 11 is 0. The molecule has 0 amide bonds. The van der Waals surface area contributed by atoms with Gasteiger partial charge in [-0.05, 0) is 25.0 Å². The average Bonchev–Trinajstić information content (AvgIpc) is 2.37. The lowest BCUT2D eigenvalue weighted by Crippen LogP contribution is -2.02. The highest BCUT2D eigenvalue weighted by Gasteiger charge is 2.15. The van der Waals surface area contributed by atoms with Gasteiger partial charge >= 0.3 is 5.69 Å². The molecule has 0 N–H and O–H groups in total. The summed E-state index contributed by atoms with van der Waals surface area (Å²) in [5, 5.41) is 10.7. The van der Waals surface area contributed by atoms with Crippen molar-refractivity contribution in [2.24, 2.45) is 0 Å². The van der Waals surface area contributed by atoms with Crippen LogP contribution in [0.3, 0.4) is 0 Å². The van der Waals surface area contributed by atoms with Crippen molar-refractivity contribution in [3.05, 3.63) is 34.1 Å². The summed E-state index contributed by atoms with van der Waals surface area (Å²) in [4.78, 5) is 10.0. The van der Waals surface area contributed by atoms with Gasteiger partial charge in [-0.2, -0.15) is 0 Å². The number of halogens is 2. The molecule has 0 aliphatic carbocycles. The van der Waals surface area contributed by atoms with E-state index in [1.54, 1.807) is 0 Å². The van der Waals surface area contributed by atoms with E-state index in [0.717, 1.165) is 12.1 Å². The molecule has 0 saturated heterocycles. The molecular formula is C12H15ClFNO5S. The molecular weight excluding hydrogens is 325 g/mol. The zero-order chi connectivity index (χ0) is 15.9. The SMILES string of the molecule is O=[N+]([O-])c1cc(F)ccc1OCCCCCCS(=O)(=O)Cl. The second-order valence-corrected chi connectivity index (χ2v) is 7.27. The first-order chi connectivity index (χ1) is 9.79. The first kappa shape index (κ1) is 17.6. The van der Waals surface area contributed by atoms with Crippen LogP contribution in [0.5, 0.6) is 5.75 Å². The van der Waals surface area contributed by atoms with Crippen LogP contribution in [0, 0.1) is 15.9 Å². The van der Waals surface area contributed by atoms with E-state index < -0.39 is 25.5 Å². The molecule has 6 nitrogen and oxygen atoms in total. The van der Waals surface area contributed by atoms with Crippen LogP contribution in [0.25, 0.3) is 0 Å². The summed E-state index contributed by atoms with van der Waals surface area (Å²) in [5.41, 5.74) is -0.414. The molecule has 0 unspecified atom stereocenters. The number of benzene rings is 1. The summed E-state index contributed by atoms with van der Waals surface area (Å²) in [6.07, 6.45) is 2.45. The molecule has 1 aromatic rings. The van der Waals surface area contributed by atoms with Gasteiger partial charge in [0.05, 0.1) is 23.3 Å². The number of ether oxygens (including phenoxy) is 1. The van der Waals surface area contributed by atoms with E-state index in [9.17, 15) is 22.9 Å². The molecule has 1 aromatic carbocycles. The Kier molecular flexibility index (Phi) is 6.83. The van der Waals surface area contributed by atoms with Crippen molar-refractivity contribution in [3.63, 3.8) is 0 Å². The summed E-state index contributed by atoms with van der Waals surface area (Å²) in [6, 6.07) is 3.11. The van der Waals surface area contributed by atoms with Crippen molar-refractivity contribution in [3.8, 4) is 5.75 Å². The Morgan fingerprint density at radius 1 is 1.24 bits per heavy atom. The molecule has 118 valence electrons. The average molecular weight is 340 g/mol. The third kappa shape index (κ3) is 7.24. The molecule has 0 fully saturated rings. The van der Waals surface area contributed by atoms with Crippen LogP contribution in [-0.2, 0) is 9.05 Å². The van der Waals surface area contributed by atoms with Gasteiger partial charge in [-0.1, -0.05) is 12.8 Å². The van der Waals surface area contributed by atoms with Crippen LogP contribution < -0.4 is 4.74 Å². The Bertz CT molecular complexity index is 593. The van der Waals surface area contributed by atoms with Gasteiger partial charge < -0.3 is 4.74 Å². The second-order valence-electron chi connectivity index (χ2n) is 4.37. The minimum atomic E-state index is -3.45. The van der Waals surface area contributed by atoms with Crippen LogP contribution in [0.15, 0.2) is 18.2 Å². The van der Waals surface area contributed by atoms with Crippen LogP contribution in [-0.4, -0.2) is 25.7 Å². The maximum atomic E-state index is 12.9. The largest absolute Gasteiger partial charge is 0.487 e. The highest BCUT2D eigenvalue weighted by molar-refractivity contribution is 8.13. The Labute approximate surface area is 126 Å². The molecule has 0 aliphatic rings. The van der Waals surface area contributed by atoms with Crippen LogP contribution >= 0.6 is 10.7 Å². The summed E-state index contributed by atoms with van der Waals surface area (Å²) < 4.78 is 39.5. The van der Waals surface area contributed by atoms with E-state index in [2.05, 4.69) is 0 Å². The summed E-state index contributed by atoms with van der Waals surface area (Å²) in [5.74, 6) is -0.750. The van der Waals surface area contributed by atoms with E-state index in [0.29, 0.717) is 25.7 Å². The topological polar surface area (TPSA) is 86.5 Å². The monoisotopic (exact) mass is 339 g/mol. The third-order valence-electron chi connectivity index (χ3n) is 2.66. The molecule has 0 aromatic heterocycles. The molecule has 0 saturated carbocycles. The molecule has 0 radical (unpaired) electrons. The van der Waals surface area contributed by atoms with Crippen molar-refractivity contribution < 1.29 is 22.5 Å². The standard InChI is InChI=1S/C12H15ClFNO5S/c13-21(18,19)8-4-2-1-3-7-20-12-6-5-10(14)9-11(12)15(16)17/h5-6,9H,1-4,7-8H2. The molecule has 0 heterocycles. The van der Waals surface area contributed by atoms with Gasteiger partial charge in [0.2, 0.25) is 9.05 Å². The lowest BCUT2D eigenvalue weighted by molar-refractivity contribution is -0.386. The van der Waals surface area contributed by atoms with Crippen molar-refractivity contribution >= 4 is 25.4 Å². The minimum absolute atomic E-state index is 0.0183. The smallest absolute Gasteiger partial charge is 0.313 e. The number of nitro groups is 1. The van der Waals surface area contributed by atoms with E-state index in [4.69, 9.17) is 15.4 Å². The van der Waals surface area contributed by atoms with Crippen molar-refractivity contribution in [2.45, 2.75) is 25.7 Å². The fraction of sp³-hybridized carbons (Fsp3) is 0.500. The fourth-order valence-electron chi connectivity index (χ4n) is 1.67. The van der Waals surface area contributed by atoms with Gasteiger partial charge in [0.1, 0.15) is 5.82 Å². The third-order valence-corrected chi connectivity index (χ3v) is 3.90. The number of unbranched alkanes of at least 4 members (excludes halogenated alkanes) is 3. The van der Waals surface area contributed by atoms with Crippen LogP contribution in [0.1, 0.15) is 25.7 Å². The molecule has 1 rings (SSSR count). The van der Waals surface area contributed by atoms with E-state index in [-0.39, 0.29) is 18.1 Å². The zero-order valence-corrected chi connectivity index (χ0v) is 12.7. The number of rotatable bonds is 9. The Balaban J connectivity index is 2.32. The fourth-order valence-corrected chi connectivity index (χ4v) is 2.54. The first-order valence-corrected chi connectivity index (χ1v) is 8.76. The number of hydrogen-bond donors (Lipinski definition) is 0. The van der Waals surface area contributed by atoms with Crippen molar-refractivity contribution in [1.82, 2.24) is 0 Å². The lowest BCUT2D eigenvalue weighted by atomic mass is 10.2. The molecule has 9 heteroatoms. The van der Waals surface area contributed by atoms with E-state index in [1.165, 1.54) is 6.07 Å². The first-order valence-electron chi connectivity index (χ1n) is 6.28. The second kappa shape index (κ2) is 8.14. The quantitative estimate of drug-likeness (QED) is 0.298. The number of hydrogen-bond acceptors (Lipinski definition) is 5.